The molecule has 0 bridgehead atoms. The zero-order valence-corrected chi connectivity index (χ0v) is 37.9. The van der Waals surface area contributed by atoms with Crippen molar-refractivity contribution in [3.8, 4) is 11.1 Å². The van der Waals surface area contributed by atoms with Crippen LogP contribution in [0.1, 0.15) is 148 Å². The average molecular weight is 783 g/mol. The second-order valence-corrected chi connectivity index (χ2v) is 17.6. The maximum atomic E-state index is 2.41. The first kappa shape index (κ1) is 43.5. The smallest absolute Gasteiger partial charge is 0.0462 e. The molecule has 0 N–H and O–H groups in total. The Morgan fingerprint density at radius 3 is 0.915 bits per heavy atom. The summed E-state index contributed by atoms with van der Waals surface area (Å²) in [6.45, 7) is 23.2. The molecule has 6 aromatic carbocycles. The van der Waals surface area contributed by atoms with Gasteiger partial charge < -0.3 is 9.80 Å². The van der Waals surface area contributed by atoms with E-state index in [1.165, 1.54) is 69.0 Å². The number of benzene rings is 6. The van der Waals surface area contributed by atoms with E-state index in [0.717, 1.165) is 43.5 Å². The maximum absolute atomic E-state index is 2.41. The van der Waals surface area contributed by atoms with E-state index in [2.05, 4.69) is 225 Å². The van der Waals surface area contributed by atoms with Gasteiger partial charge in [0.2, 0.25) is 0 Å². The van der Waals surface area contributed by atoms with E-state index in [0.29, 0.717) is 11.8 Å². The fourth-order valence-electron chi connectivity index (χ4n) is 8.64. The highest BCUT2D eigenvalue weighted by Crippen LogP contribution is 2.41. The first-order valence-corrected chi connectivity index (χ1v) is 22.7. The molecular formula is C57H70N2. The highest BCUT2D eigenvalue weighted by atomic mass is 15.1. The van der Waals surface area contributed by atoms with Crippen molar-refractivity contribution >= 4 is 34.1 Å². The minimum Gasteiger partial charge on any atom is -0.311 e. The van der Waals surface area contributed by atoms with E-state index in [1.54, 1.807) is 0 Å². The quantitative estimate of drug-likeness (QED) is 0.0857. The Morgan fingerprint density at radius 2 is 0.644 bits per heavy atom. The van der Waals surface area contributed by atoms with Crippen molar-refractivity contribution in [1.29, 1.82) is 0 Å². The molecule has 308 valence electrons. The normalized spacial score (nSPS) is 13.7. The molecule has 0 aromatic heterocycles. The molecule has 0 aliphatic heterocycles. The van der Waals surface area contributed by atoms with Gasteiger partial charge in [-0.3, -0.25) is 0 Å². The molecule has 0 saturated carbocycles. The summed E-state index contributed by atoms with van der Waals surface area (Å²) in [4.78, 5) is 4.80. The van der Waals surface area contributed by atoms with Crippen molar-refractivity contribution in [1.82, 2.24) is 0 Å². The van der Waals surface area contributed by atoms with Gasteiger partial charge in [0.1, 0.15) is 0 Å². The fraction of sp³-hybridized carbons (Fsp3) is 0.368. The molecule has 0 heterocycles. The second-order valence-electron chi connectivity index (χ2n) is 17.6. The predicted molar refractivity (Wildman–Crippen MR) is 259 cm³/mol. The monoisotopic (exact) mass is 783 g/mol. The van der Waals surface area contributed by atoms with Gasteiger partial charge in [-0.15, -0.1) is 0 Å². The van der Waals surface area contributed by atoms with Crippen molar-refractivity contribution < 1.29 is 0 Å². The van der Waals surface area contributed by atoms with E-state index >= 15 is 0 Å². The minimum absolute atomic E-state index is 0.184. The lowest BCUT2D eigenvalue weighted by Gasteiger charge is -2.30. The Bertz CT molecular complexity index is 2180. The summed E-state index contributed by atoms with van der Waals surface area (Å²) in [6.07, 6.45) is 8.04. The molecule has 0 amide bonds. The summed E-state index contributed by atoms with van der Waals surface area (Å²) < 4.78 is 0. The van der Waals surface area contributed by atoms with Crippen LogP contribution in [0.4, 0.5) is 34.1 Å². The van der Waals surface area contributed by atoms with Crippen LogP contribution >= 0.6 is 0 Å². The lowest BCUT2D eigenvalue weighted by molar-refractivity contribution is 0.414. The third-order valence-electron chi connectivity index (χ3n) is 14.0. The molecule has 3 unspecified atom stereocenters. The summed E-state index contributed by atoms with van der Waals surface area (Å²) in [6, 6.07) is 55.2. The highest BCUT2D eigenvalue weighted by Gasteiger charge is 2.25. The second kappa shape index (κ2) is 19.3. The summed E-state index contributed by atoms with van der Waals surface area (Å²) >= 11 is 0. The highest BCUT2D eigenvalue weighted by molar-refractivity contribution is 5.81. The van der Waals surface area contributed by atoms with E-state index in [1.807, 2.05) is 0 Å². The van der Waals surface area contributed by atoms with Crippen LogP contribution in [-0.2, 0) is 10.8 Å². The van der Waals surface area contributed by atoms with E-state index in [9.17, 15) is 0 Å². The van der Waals surface area contributed by atoms with E-state index < -0.39 is 0 Å². The molecule has 0 spiro atoms. The van der Waals surface area contributed by atoms with E-state index in [4.69, 9.17) is 0 Å². The lowest BCUT2D eigenvalue weighted by Crippen LogP contribution is -2.20. The molecular weight excluding hydrogens is 713 g/mol. The van der Waals surface area contributed by atoms with Gasteiger partial charge in [-0.2, -0.15) is 0 Å². The summed E-state index contributed by atoms with van der Waals surface area (Å²) in [5, 5.41) is 0. The molecule has 59 heavy (non-hydrogen) atoms. The SMILES string of the molecule is CCCC(C)(CC)c1ccc(N(c2ccc(-c3ccc(N(c4ccc(C(C)CC)cc4)c4ccc(C(C)(CC)CC)cc4)cc3)cc2)c2ccc(C(C)CC)cc2)cc1. The lowest BCUT2D eigenvalue weighted by atomic mass is 9.76. The van der Waals surface area contributed by atoms with Gasteiger partial charge in [-0.1, -0.05) is 148 Å². The minimum atomic E-state index is 0.184. The Kier molecular flexibility index (Phi) is 14.2. The van der Waals surface area contributed by atoms with Gasteiger partial charge in [0.05, 0.1) is 0 Å². The van der Waals surface area contributed by atoms with Crippen molar-refractivity contribution in [2.24, 2.45) is 0 Å². The van der Waals surface area contributed by atoms with Crippen molar-refractivity contribution in [2.75, 3.05) is 9.80 Å². The van der Waals surface area contributed by atoms with Crippen LogP contribution in [0.25, 0.3) is 11.1 Å². The predicted octanol–water partition coefficient (Wildman–Crippen LogP) is 17.9. The fourth-order valence-corrected chi connectivity index (χ4v) is 8.64. The number of anilines is 6. The van der Waals surface area contributed by atoms with Crippen LogP contribution in [0.2, 0.25) is 0 Å². The maximum Gasteiger partial charge on any atom is 0.0462 e. The number of nitrogens with zero attached hydrogens (tertiary/aromatic N) is 2. The van der Waals surface area contributed by atoms with Gasteiger partial charge in [0, 0.05) is 34.1 Å². The van der Waals surface area contributed by atoms with Crippen LogP contribution in [0.15, 0.2) is 146 Å². The zero-order chi connectivity index (χ0) is 42.2. The third-order valence-corrected chi connectivity index (χ3v) is 14.0. The standard InChI is InChI=1S/C57H70N2/c1-11-41-57(10,16-6)49-27-39-55(40-28-49)59(51-31-19-45(20-32-51)43(8)13-3)53-35-23-47(24-36-53)46-21-33-52(34-22-46)58(50-29-17-44(18-30-50)42(7)12-2)54-37-25-48(26-38-54)56(9,14-4)15-5/h17-40,42-43H,11-16,41H2,1-10H3. The van der Waals surface area contributed by atoms with Crippen molar-refractivity contribution in [3.63, 3.8) is 0 Å². The van der Waals surface area contributed by atoms with Crippen LogP contribution < -0.4 is 9.80 Å². The number of hydrogen-bond acceptors (Lipinski definition) is 2. The van der Waals surface area contributed by atoms with Crippen molar-refractivity contribution in [3.05, 3.63) is 168 Å². The first-order valence-electron chi connectivity index (χ1n) is 22.7. The Labute approximate surface area is 358 Å². The van der Waals surface area contributed by atoms with Gasteiger partial charge in [0.15, 0.2) is 0 Å². The Hall–Kier alpha value is -5.08. The average Bonchev–Trinajstić information content (AvgIpc) is 3.29. The van der Waals surface area contributed by atoms with Gasteiger partial charge in [-0.25, -0.2) is 0 Å². The van der Waals surface area contributed by atoms with Crippen molar-refractivity contribution in [2.45, 2.75) is 137 Å². The molecule has 2 heteroatoms. The van der Waals surface area contributed by atoms with E-state index in [-0.39, 0.29) is 10.8 Å². The molecule has 6 aromatic rings. The topological polar surface area (TPSA) is 6.48 Å². The van der Waals surface area contributed by atoms with Gasteiger partial charge >= 0.3 is 0 Å². The van der Waals surface area contributed by atoms with Crippen LogP contribution in [0, 0.1) is 0 Å². The molecule has 0 aliphatic carbocycles. The molecule has 0 fully saturated rings. The molecule has 3 atom stereocenters. The Morgan fingerprint density at radius 1 is 0.373 bits per heavy atom. The van der Waals surface area contributed by atoms with Crippen LogP contribution in [-0.4, -0.2) is 0 Å². The van der Waals surface area contributed by atoms with Gasteiger partial charge in [0.25, 0.3) is 0 Å². The van der Waals surface area contributed by atoms with Gasteiger partial charge in [-0.05, 0) is 167 Å². The molecule has 0 saturated heterocycles. The largest absolute Gasteiger partial charge is 0.311 e. The number of hydrogen-bond donors (Lipinski definition) is 0. The molecule has 0 aliphatic rings. The Balaban J connectivity index is 1.33. The number of rotatable bonds is 18. The summed E-state index contributed by atoms with van der Waals surface area (Å²) in [7, 11) is 0. The summed E-state index contributed by atoms with van der Waals surface area (Å²) in [5.74, 6) is 1.08. The van der Waals surface area contributed by atoms with Crippen LogP contribution in [0.3, 0.4) is 0 Å². The molecule has 2 nitrogen and oxygen atoms in total. The molecule has 0 radical (unpaired) electrons. The molecule has 6 rings (SSSR count). The first-order chi connectivity index (χ1) is 28.5. The third kappa shape index (κ3) is 9.54. The van der Waals surface area contributed by atoms with Crippen LogP contribution in [0.5, 0.6) is 0 Å². The summed E-state index contributed by atoms with van der Waals surface area (Å²) in [5.41, 5.74) is 15.4. The zero-order valence-electron chi connectivity index (χ0n) is 37.9.